The summed E-state index contributed by atoms with van der Waals surface area (Å²) < 4.78 is 6.80. The van der Waals surface area contributed by atoms with Crippen molar-refractivity contribution in [3.8, 4) is 0 Å². The molecule has 1 aromatic carbocycles. The van der Waals surface area contributed by atoms with Gasteiger partial charge >= 0.3 is 6.03 Å². The Hall–Kier alpha value is -3.75. The summed E-state index contributed by atoms with van der Waals surface area (Å²) in [6.07, 6.45) is 3.15. The molecule has 4 rings (SSSR count). The topological polar surface area (TPSA) is 102 Å². The molecule has 0 unspecified atom stereocenters. The van der Waals surface area contributed by atoms with Crippen molar-refractivity contribution in [1.82, 2.24) is 19.8 Å². The highest BCUT2D eigenvalue weighted by Gasteiger charge is 2.37. The molecule has 1 fully saturated rings. The number of ketones is 1. The molecular weight excluding hydrogens is 386 g/mol. The van der Waals surface area contributed by atoms with Crippen LogP contribution in [0.5, 0.6) is 0 Å². The van der Waals surface area contributed by atoms with Gasteiger partial charge in [0.15, 0.2) is 5.78 Å². The first-order chi connectivity index (χ1) is 14.3. The van der Waals surface area contributed by atoms with Crippen molar-refractivity contribution in [2.75, 3.05) is 11.4 Å². The van der Waals surface area contributed by atoms with Crippen molar-refractivity contribution in [2.45, 2.75) is 33.9 Å². The van der Waals surface area contributed by atoms with Crippen LogP contribution in [-0.4, -0.2) is 44.1 Å². The summed E-state index contributed by atoms with van der Waals surface area (Å²) >= 11 is 0. The highest BCUT2D eigenvalue weighted by Crippen LogP contribution is 2.23. The number of rotatable bonds is 6. The van der Waals surface area contributed by atoms with Gasteiger partial charge in [0.1, 0.15) is 12.3 Å². The van der Waals surface area contributed by atoms with Crippen molar-refractivity contribution >= 4 is 23.4 Å². The summed E-state index contributed by atoms with van der Waals surface area (Å²) in [5, 5.41) is 8.20. The van der Waals surface area contributed by atoms with Gasteiger partial charge in [-0.1, -0.05) is 23.4 Å². The number of nitrogens with zero attached hydrogens (tertiary/aromatic N) is 5. The highest BCUT2D eigenvalue weighted by molar-refractivity contribution is 6.19. The summed E-state index contributed by atoms with van der Waals surface area (Å²) in [6, 6.07) is 6.65. The molecule has 0 spiro atoms. The van der Waals surface area contributed by atoms with Crippen LogP contribution in [0.2, 0.25) is 0 Å². The van der Waals surface area contributed by atoms with E-state index >= 15 is 0 Å². The molecule has 1 aliphatic rings. The van der Waals surface area contributed by atoms with Crippen molar-refractivity contribution in [1.29, 1.82) is 0 Å². The lowest BCUT2D eigenvalue weighted by Crippen LogP contribution is -2.32. The predicted octanol–water partition coefficient (Wildman–Crippen LogP) is 2.71. The Labute approximate surface area is 172 Å². The Balaban J connectivity index is 1.50. The van der Waals surface area contributed by atoms with Crippen molar-refractivity contribution in [3.63, 3.8) is 0 Å². The second-order valence-electron chi connectivity index (χ2n) is 7.32. The molecule has 3 amide bonds. The van der Waals surface area contributed by atoms with Gasteiger partial charge in [0.25, 0.3) is 5.91 Å². The number of carbonyl (C=O) groups excluding carboxylic acids is 3. The summed E-state index contributed by atoms with van der Waals surface area (Å²) in [5.41, 5.74) is 3.46. The SMILES string of the molecule is CC(=O)c1cccc(CN2CC(=O)N(c3cnn(Cc4c(C)noc4C)c3)C2=O)c1. The third-order valence-electron chi connectivity index (χ3n) is 5.12. The predicted molar refractivity (Wildman–Crippen MR) is 107 cm³/mol. The first-order valence-electron chi connectivity index (χ1n) is 9.49. The maximum atomic E-state index is 12.9. The fourth-order valence-corrected chi connectivity index (χ4v) is 3.48. The van der Waals surface area contributed by atoms with Gasteiger partial charge in [-0.25, -0.2) is 9.69 Å². The number of urea groups is 1. The molecule has 0 radical (unpaired) electrons. The summed E-state index contributed by atoms with van der Waals surface area (Å²) in [6.45, 7) is 5.81. The molecule has 0 N–H and O–H groups in total. The third-order valence-corrected chi connectivity index (χ3v) is 5.12. The maximum Gasteiger partial charge on any atom is 0.332 e. The molecule has 30 heavy (non-hydrogen) atoms. The minimum absolute atomic E-state index is 0.0296. The number of imide groups is 1. The zero-order valence-electron chi connectivity index (χ0n) is 17.0. The molecule has 0 saturated carbocycles. The maximum absolute atomic E-state index is 12.9. The highest BCUT2D eigenvalue weighted by atomic mass is 16.5. The van der Waals surface area contributed by atoms with Gasteiger partial charge in [0.2, 0.25) is 0 Å². The van der Waals surface area contributed by atoms with E-state index < -0.39 is 6.03 Å². The lowest BCUT2D eigenvalue weighted by molar-refractivity contribution is -0.116. The summed E-state index contributed by atoms with van der Waals surface area (Å²) in [5.74, 6) is 0.337. The minimum Gasteiger partial charge on any atom is -0.361 e. The molecule has 154 valence electrons. The van der Waals surface area contributed by atoms with E-state index in [1.54, 1.807) is 29.1 Å². The first kappa shape index (κ1) is 19.6. The monoisotopic (exact) mass is 407 g/mol. The Bertz CT molecular complexity index is 1130. The summed E-state index contributed by atoms with van der Waals surface area (Å²) in [4.78, 5) is 39.6. The van der Waals surface area contributed by atoms with Crippen LogP contribution < -0.4 is 4.90 Å². The largest absolute Gasteiger partial charge is 0.361 e. The minimum atomic E-state index is -0.412. The number of aryl methyl sites for hydroxylation is 2. The van der Waals surface area contributed by atoms with Gasteiger partial charge in [0.05, 0.1) is 24.1 Å². The van der Waals surface area contributed by atoms with Crippen LogP contribution in [0.4, 0.5) is 10.5 Å². The molecule has 0 aliphatic carbocycles. The van der Waals surface area contributed by atoms with Crippen LogP contribution in [0.15, 0.2) is 41.2 Å². The van der Waals surface area contributed by atoms with Crippen LogP contribution in [0.25, 0.3) is 0 Å². The van der Waals surface area contributed by atoms with Crippen LogP contribution in [-0.2, 0) is 17.9 Å². The number of aromatic nitrogens is 3. The molecule has 0 bridgehead atoms. The van der Waals surface area contributed by atoms with Gasteiger partial charge < -0.3 is 9.42 Å². The molecular formula is C21H21N5O4. The Morgan fingerprint density at radius 2 is 2.00 bits per heavy atom. The molecule has 9 heteroatoms. The van der Waals surface area contributed by atoms with Crippen LogP contribution in [0.1, 0.15) is 39.9 Å². The normalized spacial score (nSPS) is 14.1. The number of hydrogen-bond acceptors (Lipinski definition) is 6. The van der Waals surface area contributed by atoms with Crippen LogP contribution in [0.3, 0.4) is 0 Å². The fraction of sp³-hybridized carbons (Fsp3) is 0.286. The number of carbonyl (C=O) groups is 3. The Kier molecular flexibility index (Phi) is 4.94. The van der Waals surface area contributed by atoms with Gasteiger partial charge in [0, 0.05) is 23.9 Å². The van der Waals surface area contributed by atoms with E-state index in [0.29, 0.717) is 23.6 Å². The van der Waals surface area contributed by atoms with Gasteiger partial charge in [-0.15, -0.1) is 0 Å². The van der Waals surface area contributed by atoms with E-state index in [-0.39, 0.29) is 24.8 Å². The zero-order chi connectivity index (χ0) is 21.4. The molecule has 3 aromatic rings. The number of hydrogen-bond donors (Lipinski definition) is 0. The zero-order valence-corrected chi connectivity index (χ0v) is 17.0. The average molecular weight is 407 g/mol. The van der Waals surface area contributed by atoms with E-state index in [0.717, 1.165) is 21.7 Å². The van der Waals surface area contributed by atoms with Crippen LogP contribution >= 0.6 is 0 Å². The van der Waals surface area contributed by atoms with Crippen molar-refractivity contribution in [3.05, 3.63) is 64.8 Å². The number of anilines is 1. The van der Waals surface area contributed by atoms with E-state index in [4.69, 9.17) is 4.52 Å². The lowest BCUT2D eigenvalue weighted by atomic mass is 10.1. The molecule has 3 heterocycles. The second kappa shape index (κ2) is 7.58. The summed E-state index contributed by atoms with van der Waals surface area (Å²) in [7, 11) is 0. The second-order valence-corrected chi connectivity index (χ2v) is 7.32. The molecule has 9 nitrogen and oxygen atoms in total. The van der Waals surface area contributed by atoms with E-state index in [9.17, 15) is 14.4 Å². The van der Waals surface area contributed by atoms with Crippen LogP contribution in [0, 0.1) is 13.8 Å². The fourth-order valence-electron chi connectivity index (χ4n) is 3.48. The number of benzene rings is 1. The van der Waals surface area contributed by atoms with E-state index in [2.05, 4.69) is 10.3 Å². The Morgan fingerprint density at radius 1 is 1.20 bits per heavy atom. The smallest absolute Gasteiger partial charge is 0.332 e. The van der Waals surface area contributed by atoms with Gasteiger partial charge in [-0.3, -0.25) is 14.3 Å². The quantitative estimate of drug-likeness (QED) is 0.460. The molecule has 2 aromatic heterocycles. The molecule has 0 atom stereocenters. The Morgan fingerprint density at radius 3 is 2.70 bits per heavy atom. The molecule has 1 aliphatic heterocycles. The number of Topliss-reactive ketones (excluding diaryl/α,β-unsaturated/α-hetero) is 1. The number of amides is 3. The first-order valence-corrected chi connectivity index (χ1v) is 9.49. The molecule has 1 saturated heterocycles. The lowest BCUT2D eigenvalue weighted by Gasteiger charge is -2.16. The van der Waals surface area contributed by atoms with Crippen molar-refractivity contribution < 1.29 is 18.9 Å². The van der Waals surface area contributed by atoms with E-state index in [1.165, 1.54) is 18.0 Å². The van der Waals surface area contributed by atoms with Gasteiger partial charge in [-0.2, -0.15) is 5.10 Å². The van der Waals surface area contributed by atoms with E-state index in [1.807, 2.05) is 19.9 Å². The van der Waals surface area contributed by atoms with Gasteiger partial charge in [-0.05, 0) is 32.4 Å². The standard InChI is InChI=1S/C21H21N5O4/c1-13-19(15(3)30-23-13)11-25-10-18(8-22-25)26-20(28)12-24(21(26)29)9-16-5-4-6-17(7-16)14(2)27/h4-8,10H,9,11-12H2,1-3H3. The third kappa shape index (κ3) is 3.61. The average Bonchev–Trinajstić information content (AvgIpc) is 3.37. The van der Waals surface area contributed by atoms with Crippen molar-refractivity contribution in [2.24, 2.45) is 0 Å².